The summed E-state index contributed by atoms with van der Waals surface area (Å²) in [7, 11) is 2.16. The first kappa shape index (κ1) is 13.1. The van der Waals surface area contributed by atoms with Crippen LogP contribution in [0.3, 0.4) is 0 Å². The van der Waals surface area contributed by atoms with E-state index in [1.165, 1.54) is 45.0 Å². The summed E-state index contributed by atoms with van der Waals surface area (Å²) < 4.78 is 4.71. The first-order chi connectivity index (χ1) is 11.2. The van der Waals surface area contributed by atoms with Crippen molar-refractivity contribution in [2.45, 2.75) is 33.1 Å². The van der Waals surface area contributed by atoms with Gasteiger partial charge in [-0.2, -0.15) is 0 Å². The van der Waals surface area contributed by atoms with Gasteiger partial charge in [0, 0.05) is 12.0 Å². The van der Waals surface area contributed by atoms with E-state index < -0.39 is 0 Å². The molecule has 0 aliphatic carbocycles. The third-order valence-corrected chi connectivity index (χ3v) is 5.46. The molecule has 3 heterocycles. The van der Waals surface area contributed by atoms with Gasteiger partial charge in [-0.15, -0.1) is 0 Å². The average Bonchev–Trinajstić information content (AvgIpc) is 3.19. The zero-order valence-electron chi connectivity index (χ0n) is 13.8. The number of nitrogens with zero attached hydrogens (tertiary/aromatic N) is 3. The van der Waals surface area contributed by atoms with Crippen LogP contribution in [0.2, 0.25) is 0 Å². The van der Waals surface area contributed by atoms with E-state index >= 15 is 0 Å². The molecule has 2 aliphatic rings. The Morgan fingerprint density at radius 1 is 1.17 bits per heavy atom. The van der Waals surface area contributed by atoms with E-state index in [4.69, 9.17) is 4.98 Å². The first-order valence-electron chi connectivity index (χ1n) is 8.40. The second kappa shape index (κ2) is 4.31. The Morgan fingerprint density at radius 2 is 2.00 bits per heavy atom. The van der Waals surface area contributed by atoms with Gasteiger partial charge in [0.25, 0.3) is 0 Å². The van der Waals surface area contributed by atoms with Gasteiger partial charge in [0.15, 0.2) is 0 Å². The smallest absolute Gasteiger partial charge is 0.233 e. The quantitative estimate of drug-likeness (QED) is 0.491. The van der Waals surface area contributed by atoms with Crippen LogP contribution in [0.15, 0.2) is 24.3 Å². The lowest BCUT2D eigenvalue weighted by atomic mass is 10.0. The van der Waals surface area contributed by atoms with Crippen LogP contribution >= 0.6 is 0 Å². The van der Waals surface area contributed by atoms with Crippen LogP contribution in [-0.4, -0.2) is 27.4 Å². The van der Waals surface area contributed by atoms with Crippen molar-refractivity contribution >= 4 is 22.9 Å². The molecule has 114 valence electrons. The standard InChI is InChI=1S/C20H20N3/c1-4-13-7-8-16-18(12(13)2)23-17(21-16)11-15-6-5-14-9-10-22(3)19(14)20(15)23/h5-8,10H,4,9,11H2,1-3H3/q+1. The molecule has 3 aromatic rings. The molecule has 23 heavy (non-hydrogen) atoms. The highest BCUT2D eigenvalue weighted by molar-refractivity contribution is 5.87. The maximum absolute atomic E-state index is 4.93. The lowest BCUT2D eigenvalue weighted by Crippen LogP contribution is -2.02. The fourth-order valence-electron chi connectivity index (χ4n) is 4.27. The van der Waals surface area contributed by atoms with E-state index in [0.717, 1.165) is 24.8 Å². The Bertz CT molecular complexity index is 1020. The largest absolute Gasteiger partial charge is 0.289 e. The van der Waals surface area contributed by atoms with Crippen molar-refractivity contribution in [2.75, 3.05) is 7.05 Å². The van der Waals surface area contributed by atoms with Crippen molar-refractivity contribution in [3.63, 3.8) is 0 Å². The number of benzene rings is 2. The van der Waals surface area contributed by atoms with Gasteiger partial charge in [0.1, 0.15) is 24.8 Å². The molecule has 3 heteroatoms. The number of imidazole rings is 1. The highest BCUT2D eigenvalue weighted by Gasteiger charge is 2.33. The number of hydrogen-bond acceptors (Lipinski definition) is 1. The molecular formula is C20H20N3+. The minimum Gasteiger partial charge on any atom is -0.289 e. The van der Waals surface area contributed by atoms with Crippen molar-refractivity contribution in [3.05, 3.63) is 52.3 Å². The topological polar surface area (TPSA) is 20.8 Å². The van der Waals surface area contributed by atoms with Gasteiger partial charge in [0.05, 0.1) is 17.5 Å². The van der Waals surface area contributed by atoms with Crippen LogP contribution in [0.5, 0.6) is 0 Å². The molecule has 5 rings (SSSR count). The van der Waals surface area contributed by atoms with E-state index in [1.807, 2.05) is 0 Å². The maximum Gasteiger partial charge on any atom is 0.233 e. The molecule has 1 aromatic heterocycles. The molecule has 0 spiro atoms. The average molecular weight is 302 g/mol. The van der Waals surface area contributed by atoms with Gasteiger partial charge in [-0.3, -0.25) is 4.57 Å². The van der Waals surface area contributed by atoms with Gasteiger partial charge < -0.3 is 0 Å². The molecule has 2 aromatic carbocycles. The molecule has 3 nitrogen and oxygen atoms in total. The molecule has 0 radical (unpaired) electrons. The minimum atomic E-state index is 0.937. The normalized spacial score (nSPS) is 14.8. The molecule has 0 bridgehead atoms. The Balaban J connectivity index is 1.92. The molecular weight excluding hydrogens is 282 g/mol. The van der Waals surface area contributed by atoms with E-state index in [-0.39, 0.29) is 0 Å². The molecule has 0 fully saturated rings. The van der Waals surface area contributed by atoms with Crippen molar-refractivity contribution in [2.24, 2.45) is 0 Å². The zero-order chi connectivity index (χ0) is 15.7. The lowest BCUT2D eigenvalue weighted by molar-refractivity contribution is -0.396. The summed E-state index contributed by atoms with van der Waals surface area (Å²) in [5.41, 5.74) is 10.8. The lowest BCUT2D eigenvalue weighted by Gasteiger charge is -2.11. The van der Waals surface area contributed by atoms with Crippen molar-refractivity contribution in [3.8, 4) is 5.69 Å². The predicted octanol–water partition coefficient (Wildman–Crippen LogP) is 3.70. The summed E-state index contributed by atoms with van der Waals surface area (Å²) in [6.45, 7) is 4.47. The van der Waals surface area contributed by atoms with Crippen LogP contribution in [-0.2, 0) is 19.3 Å². The Morgan fingerprint density at radius 3 is 2.83 bits per heavy atom. The summed E-state index contributed by atoms with van der Waals surface area (Å²) in [5.74, 6) is 1.18. The minimum absolute atomic E-state index is 0.937. The van der Waals surface area contributed by atoms with Crippen LogP contribution in [0.25, 0.3) is 16.7 Å². The number of rotatable bonds is 1. The van der Waals surface area contributed by atoms with Crippen molar-refractivity contribution in [1.82, 2.24) is 9.55 Å². The summed E-state index contributed by atoms with van der Waals surface area (Å²) in [6.07, 6.45) is 5.30. The molecule has 0 amide bonds. The number of fused-ring (bicyclic) bond motifs is 7. The van der Waals surface area contributed by atoms with Gasteiger partial charge in [-0.05, 0) is 36.1 Å². The third kappa shape index (κ3) is 1.55. The number of aryl methyl sites for hydroxylation is 2. The summed E-state index contributed by atoms with van der Waals surface area (Å²) in [6, 6.07) is 9.00. The fourth-order valence-corrected chi connectivity index (χ4v) is 4.27. The maximum atomic E-state index is 4.93. The van der Waals surface area contributed by atoms with E-state index in [1.54, 1.807) is 0 Å². The Labute approximate surface area is 135 Å². The van der Waals surface area contributed by atoms with E-state index in [0.29, 0.717) is 0 Å². The van der Waals surface area contributed by atoms with Crippen LogP contribution < -0.4 is 0 Å². The Hall–Kier alpha value is -2.42. The molecule has 0 atom stereocenters. The second-order valence-corrected chi connectivity index (χ2v) is 6.69. The highest BCUT2D eigenvalue weighted by Crippen LogP contribution is 2.42. The molecule has 0 N–H and O–H groups in total. The van der Waals surface area contributed by atoms with Gasteiger partial charge in [-0.25, -0.2) is 9.56 Å². The van der Waals surface area contributed by atoms with E-state index in [2.05, 4.69) is 60.5 Å². The summed E-state index contributed by atoms with van der Waals surface area (Å²) >= 11 is 0. The molecule has 0 saturated carbocycles. The second-order valence-electron chi connectivity index (χ2n) is 6.69. The van der Waals surface area contributed by atoms with Crippen LogP contribution in [0, 0.1) is 6.92 Å². The first-order valence-corrected chi connectivity index (χ1v) is 8.40. The third-order valence-electron chi connectivity index (χ3n) is 5.46. The summed E-state index contributed by atoms with van der Waals surface area (Å²) in [5, 5.41) is 0. The van der Waals surface area contributed by atoms with Gasteiger partial charge in [0.2, 0.25) is 5.69 Å². The molecule has 2 aliphatic heterocycles. The van der Waals surface area contributed by atoms with Crippen LogP contribution in [0.1, 0.15) is 35.0 Å². The number of hydrogen-bond donors (Lipinski definition) is 0. The SMILES string of the molecule is CCc1ccc2nc3n(c2c1C)-c1c(ccc2c1[N+](C)=CC2)C3. The highest BCUT2D eigenvalue weighted by atomic mass is 15.1. The molecule has 0 saturated heterocycles. The Kier molecular flexibility index (Phi) is 2.45. The van der Waals surface area contributed by atoms with Gasteiger partial charge in [-0.1, -0.05) is 25.1 Å². The van der Waals surface area contributed by atoms with Crippen molar-refractivity contribution < 1.29 is 4.58 Å². The van der Waals surface area contributed by atoms with E-state index in [9.17, 15) is 0 Å². The summed E-state index contributed by atoms with van der Waals surface area (Å²) in [4.78, 5) is 4.93. The van der Waals surface area contributed by atoms with Gasteiger partial charge >= 0.3 is 0 Å². The fraction of sp³-hybridized carbons (Fsp3) is 0.300. The van der Waals surface area contributed by atoms with Crippen LogP contribution in [0.4, 0.5) is 5.69 Å². The number of aromatic nitrogens is 2. The zero-order valence-corrected chi connectivity index (χ0v) is 13.8. The van der Waals surface area contributed by atoms with Crippen molar-refractivity contribution in [1.29, 1.82) is 0 Å². The molecule has 0 unspecified atom stereocenters. The monoisotopic (exact) mass is 302 g/mol. The predicted molar refractivity (Wildman–Crippen MR) is 93.6 cm³/mol.